The van der Waals surface area contributed by atoms with Crippen molar-refractivity contribution >= 4 is 11.9 Å². The number of hydrogen-bond acceptors (Lipinski definition) is 5. The van der Waals surface area contributed by atoms with E-state index in [0.717, 1.165) is 39.3 Å². The lowest BCUT2D eigenvalue weighted by Gasteiger charge is -2.14. The lowest BCUT2D eigenvalue weighted by atomic mass is 9.99. The molecule has 0 aliphatic rings. The maximum absolute atomic E-state index is 13.3. The van der Waals surface area contributed by atoms with Crippen molar-refractivity contribution in [1.82, 2.24) is 10.3 Å². The third-order valence-electron chi connectivity index (χ3n) is 7.00. The number of nitrogens with one attached hydrogen (secondary N) is 1. The molecular formula is C35H32N2O5. The van der Waals surface area contributed by atoms with Gasteiger partial charge in [-0.05, 0) is 65.9 Å². The van der Waals surface area contributed by atoms with E-state index in [1.165, 1.54) is 0 Å². The van der Waals surface area contributed by atoms with Crippen LogP contribution in [0, 0.1) is 6.92 Å². The average molecular weight is 561 g/mol. The van der Waals surface area contributed by atoms with Crippen LogP contribution in [0.3, 0.4) is 0 Å². The lowest BCUT2D eigenvalue weighted by molar-refractivity contribution is -0.136. The zero-order valence-corrected chi connectivity index (χ0v) is 23.4. The van der Waals surface area contributed by atoms with Crippen molar-refractivity contribution < 1.29 is 23.8 Å². The number of carbonyl (C=O) groups is 2. The molecule has 2 N–H and O–H groups in total. The smallest absolute Gasteiger partial charge is 0.303 e. The van der Waals surface area contributed by atoms with Crippen molar-refractivity contribution in [3.8, 4) is 28.3 Å². The summed E-state index contributed by atoms with van der Waals surface area (Å²) in [6.45, 7) is 2.51. The van der Waals surface area contributed by atoms with Crippen LogP contribution in [0.5, 0.6) is 5.75 Å². The third kappa shape index (κ3) is 7.12. The molecule has 1 aromatic heterocycles. The van der Waals surface area contributed by atoms with Gasteiger partial charge in [-0.25, -0.2) is 4.98 Å². The Morgan fingerprint density at radius 3 is 2.26 bits per heavy atom. The Morgan fingerprint density at radius 1 is 0.833 bits per heavy atom. The van der Waals surface area contributed by atoms with Crippen LogP contribution in [0.4, 0.5) is 0 Å². The maximum atomic E-state index is 13.3. The number of benzene rings is 4. The second-order valence-corrected chi connectivity index (χ2v) is 9.90. The molecule has 0 fully saturated rings. The molecule has 0 saturated heterocycles. The molecular weight excluding hydrogens is 528 g/mol. The molecule has 0 saturated carbocycles. The van der Waals surface area contributed by atoms with Gasteiger partial charge < -0.3 is 19.6 Å². The van der Waals surface area contributed by atoms with Gasteiger partial charge in [-0.3, -0.25) is 9.59 Å². The highest BCUT2D eigenvalue weighted by atomic mass is 16.5. The van der Waals surface area contributed by atoms with E-state index < -0.39 is 5.97 Å². The van der Waals surface area contributed by atoms with E-state index in [0.29, 0.717) is 36.7 Å². The second kappa shape index (κ2) is 13.5. The number of carboxylic acids is 1. The zero-order valence-electron chi connectivity index (χ0n) is 23.4. The van der Waals surface area contributed by atoms with E-state index in [9.17, 15) is 14.7 Å². The zero-order chi connectivity index (χ0) is 29.3. The van der Waals surface area contributed by atoms with Crippen LogP contribution in [0.2, 0.25) is 0 Å². The molecule has 0 aliphatic heterocycles. The Balaban J connectivity index is 1.27. The summed E-state index contributed by atoms with van der Waals surface area (Å²) < 4.78 is 11.9. The van der Waals surface area contributed by atoms with E-state index in [1.807, 2.05) is 104 Å². The van der Waals surface area contributed by atoms with Crippen molar-refractivity contribution in [2.75, 3.05) is 6.61 Å². The Labute approximate surface area is 244 Å². The third-order valence-corrected chi connectivity index (χ3v) is 7.00. The fourth-order valence-electron chi connectivity index (χ4n) is 4.79. The van der Waals surface area contributed by atoms with Crippen LogP contribution in [-0.2, 0) is 24.2 Å². The highest BCUT2D eigenvalue weighted by Crippen LogP contribution is 2.25. The molecule has 1 heterocycles. The van der Waals surface area contributed by atoms with Crippen LogP contribution in [0.1, 0.15) is 39.4 Å². The Hall–Kier alpha value is -5.17. The lowest BCUT2D eigenvalue weighted by Crippen LogP contribution is -2.24. The molecule has 0 spiro atoms. The van der Waals surface area contributed by atoms with Gasteiger partial charge in [-0.2, -0.15) is 0 Å². The first-order valence-electron chi connectivity index (χ1n) is 13.9. The number of aromatic nitrogens is 1. The Bertz CT molecular complexity index is 1660. The van der Waals surface area contributed by atoms with E-state index in [2.05, 4.69) is 10.3 Å². The number of carboxylic acid groups (broad SMARTS) is 1. The summed E-state index contributed by atoms with van der Waals surface area (Å²) >= 11 is 0. The van der Waals surface area contributed by atoms with Gasteiger partial charge in [0.05, 0.1) is 12.3 Å². The summed E-state index contributed by atoms with van der Waals surface area (Å²) in [6.07, 6.45) is 0.903. The van der Waals surface area contributed by atoms with Gasteiger partial charge in [0.25, 0.3) is 5.91 Å². The highest BCUT2D eigenvalue weighted by Gasteiger charge is 2.15. The maximum Gasteiger partial charge on any atom is 0.303 e. The minimum absolute atomic E-state index is 0.00677. The predicted molar refractivity (Wildman–Crippen MR) is 161 cm³/mol. The summed E-state index contributed by atoms with van der Waals surface area (Å²) in [5.41, 5.74) is 5.78. The number of oxazole rings is 1. The van der Waals surface area contributed by atoms with E-state index in [4.69, 9.17) is 9.15 Å². The number of aryl methyl sites for hydroxylation is 2. The Morgan fingerprint density at radius 2 is 1.52 bits per heavy atom. The van der Waals surface area contributed by atoms with Crippen LogP contribution in [0.25, 0.3) is 22.6 Å². The SMILES string of the molecule is Cc1oc(-c2ccccc2)nc1CCOc1ccc(CCC(=O)O)c(CNC(=O)c2ccccc2-c2ccccc2)c1. The minimum Gasteiger partial charge on any atom is -0.493 e. The quantitative estimate of drug-likeness (QED) is 0.172. The molecule has 7 nitrogen and oxygen atoms in total. The molecule has 4 aromatic carbocycles. The number of carbonyl (C=O) groups excluding carboxylic acids is 1. The van der Waals surface area contributed by atoms with Crippen LogP contribution >= 0.6 is 0 Å². The van der Waals surface area contributed by atoms with Crippen molar-refractivity contribution in [2.24, 2.45) is 0 Å². The van der Waals surface area contributed by atoms with Gasteiger partial charge in [0.2, 0.25) is 5.89 Å². The Kier molecular flexibility index (Phi) is 9.09. The molecule has 0 radical (unpaired) electrons. The number of rotatable bonds is 12. The molecule has 42 heavy (non-hydrogen) atoms. The molecule has 0 bridgehead atoms. The molecule has 0 atom stereocenters. The van der Waals surface area contributed by atoms with Gasteiger partial charge in [0.1, 0.15) is 11.5 Å². The van der Waals surface area contributed by atoms with Gasteiger partial charge in [-0.1, -0.05) is 72.8 Å². The normalized spacial score (nSPS) is 10.8. The summed E-state index contributed by atoms with van der Waals surface area (Å²) in [5, 5.41) is 12.3. The number of nitrogens with zero attached hydrogens (tertiary/aromatic N) is 1. The second-order valence-electron chi connectivity index (χ2n) is 9.90. The average Bonchev–Trinajstić information content (AvgIpc) is 3.40. The number of aliphatic carboxylic acids is 1. The summed E-state index contributed by atoms with van der Waals surface area (Å²) in [6, 6.07) is 32.6. The molecule has 1 amide bonds. The van der Waals surface area contributed by atoms with Gasteiger partial charge in [-0.15, -0.1) is 0 Å². The van der Waals surface area contributed by atoms with Gasteiger partial charge in [0, 0.05) is 30.5 Å². The fourth-order valence-corrected chi connectivity index (χ4v) is 4.79. The summed E-state index contributed by atoms with van der Waals surface area (Å²) in [7, 11) is 0. The molecule has 7 heteroatoms. The monoisotopic (exact) mass is 560 g/mol. The molecule has 5 rings (SSSR count). The van der Waals surface area contributed by atoms with Crippen LogP contribution in [-0.4, -0.2) is 28.6 Å². The predicted octanol–water partition coefficient (Wildman–Crippen LogP) is 6.89. The number of hydrogen-bond donors (Lipinski definition) is 2. The van der Waals surface area contributed by atoms with Crippen molar-refractivity contribution in [1.29, 1.82) is 0 Å². The van der Waals surface area contributed by atoms with Gasteiger partial charge in [0.15, 0.2) is 0 Å². The first kappa shape index (κ1) is 28.4. The topological polar surface area (TPSA) is 102 Å². The standard InChI is InChI=1S/C35H32N2O5/c1-24-32(37-35(42-24)27-12-6-3-7-13-27)20-21-41-29-18-16-25(17-19-33(38)39)28(22-29)23-36-34(40)31-15-9-8-14-30(31)26-10-4-2-5-11-26/h2-16,18,22H,17,19-21,23H2,1H3,(H,36,40)(H,38,39). The summed E-state index contributed by atoms with van der Waals surface area (Å²) in [4.78, 5) is 29.2. The first-order valence-corrected chi connectivity index (χ1v) is 13.9. The molecule has 0 unspecified atom stereocenters. The number of ether oxygens (including phenoxy) is 1. The van der Waals surface area contributed by atoms with E-state index in [1.54, 1.807) is 6.07 Å². The molecule has 5 aromatic rings. The summed E-state index contributed by atoms with van der Waals surface area (Å²) in [5.74, 6) is 0.881. The minimum atomic E-state index is -0.875. The van der Waals surface area contributed by atoms with Crippen molar-refractivity contribution in [3.05, 3.63) is 131 Å². The van der Waals surface area contributed by atoms with Crippen LogP contribution in [0.15, 0.2) is 108 Å². The first-order chi connectivity index (χ1) is 20.5. The molecule has 0 aliphatic carbocycles. The largest absolute Gasteiger partial charge is 0.493 e. The van der Waals surface area contributed by atoms with Crippen molar-refractivity contribution in [3.63, 3.8) is 0 Å². The van der Waals surface area contributed by atoms with E-state index in [-0.39, 0.29) is 18.9 Å². The van der Waals surface area contributed by atoms with Crippen molar-refractivity contribution in [2.45, 2.75) is 32.7 Å². The van der Waals surface area contributed by atoms with E-state index >= 15 is 0 Å². The highest BCUT2D eigenvalue weighted by molar-refractivity contribution is 6.00. The fraction of sp³-hybridized carbons (Fsp3) is 0.171. The van der Waals surface area contributed by atoms with Crippen LogP contribution < -0.4 is 10.1 Å². The molecule has 212 valence electrons. The number of amides is 1. The van der Waals surface area contributed by atoms with Gasteiger partial charge >= 0.3 is 5.97 Å².